The molecular formula is C20H18Cl2FNO3. The van der Waals surface area contributed by atoms with Crippen LogP contribution in [0, 0.1) is 5.82 Å². The van der Waals surface area contributed by atoms with Crippen molar-refractivity contribution < 1.29 is 18.7 Å². The summed E-state index contributed by atoms with van der Waals surface area (Å²) in [6.07, 6.45) is 2.81. The first-order chi connectivity index (χ1) is 12.9. The maximum Gasteiger partial charge on any atom is 0.317 e. The van der Waals surface area contributed by atoms with Crippen LogP contribution in [0.1, 0.15) is 31.2 Å². The Balaban J connectivity index is 1.69. The number of benzene rings is 2. The van der Waals surface area contributed by atoms with Gasteiger partial charge >= 0.3 is 5.97 Å². The second-order valence-electron chi connectivity index (χ2n) is 6.52. The Morgan fingerprint density at radius 2 is 1.70 bits per heavy atom. The summed E-state index contributed by atoms with van der Waals surface area (Å²) < 4.78 is 18.9. The highest BCUT2D eigenvalue weighted by Gasteiger charge is 2.44. The third-order valence-electron chi connectivity index (χ3n) is 4.79. The molecule has 0 heterocycles. The highest BCUT2D eigenvalue weighted by molar-refractivity contribution is 6.39. The van der Waals surface area contributed by atoms with Crippen LogP contribution in [0.5, 0.6) is 0 Å². The molecule has 1 N–H and O–H groups in total. The molecule has 0 aromatic heterocycles. The van der Waals surface area contributed by atoms with Gasteiger partial charge in [0.2, 0.25) is 0 Å². The molecule has 142 valence electrons. The lowest BCUT2D eigenvalue weighted by Crippen LogP contribution is -2.36. The summed E-state index contributed by atoms with van der Waals surface area (Å²) in [6.45, 7) is -0.475. The predicted molar refractivity (Wildman–Crippen MR) is 103 cm³/mol. The molecule has 0 aliphatic heterocycles. The average Bonchev–Trinajstić information content (AvgIpc) is 3.14. The van der Waals surface area contributed by atoms with E-state index in [-0.39, 0.29) is 15.7 Å². The molecule has 1 aliphatic rings. The lowest BCUT2D eigenvalue weighted by Gasteiger charge is -2.27. The number of para-hydroxylation sites is 1. The number of esters is 1. The first-order valence-corrected chi connectivity index (χ1v) is 9.35. The Hall–Kier alpha value is -2.11. The number of hydrogen-bond acceptors (Lipinski definition) is 3. The van der Waals surface area contributed by atoms with E-state index in [1.54, 1.807) is 30.3 Å². The summed E-state index contributed by atoms with van der Waals surface area (Å²) in [6, 6.07) is 10.8. The smallest absolute Gasteiger partial charge is 0.317 e. The highest BCUT2D eigenvalue weighted by atomic mass is 35.5. The van der Waals surface area contributed by atoms with Gasteiger partial charge in [-0.3, -0.25) is 9.59 Å². The number of halogens is 3. The minimum absolute atomic E-state index is 0.266. The number of carbonyl (C=O) groups excluding carboxylic acids is 2. The minimum atomic E-state index is -0.912. The fourth-order valence-corrected chi connectivity index (χ4v) is 3.93. The summed E-state index contributed by atoms with van der Waals surface area (Å²) in [7, 11) is 0. The largest absolute Gasteiger partial charge is 0.455 e. The van der Waals surface area contributed by atoms with Crippen LogP contribution in [0.2, 0.25) is 10.0 Å². The van der Waals surface area contributed by atoms with Crippen molar-refractivity contribution in [2.45, 2.75) is 31.1 Å². The number of carbonyl (C=O) groups is 2. The van der Waals surface area contributed by atoms with Gasteiger partial charge in [-0.2, -0.15) is 0 Å². The van der Waals surface area contributed by atoms with Gasteiger partial charge in [-0.05, 0) is 42.7 Å². The number of nitrogens with one attached hydrogen (secondary N) is 1. The summed E-state index contributed by atoms with van der Waals surface area (Å²) >= 11 is 12.0. The monoisotopic (exact) mass is 409 g/mol. The number of anilines is 1. The number of rotatable bonds is 5. The number of hydrogen-bond donors (Lipinski definition) is 1. The van der Waals surface area contributed by atoms with E-state index in [1.807, 2.05) is 0 Å². The fraction of sp³-hybridized carbons (Fsp3) is 0.300. The summed E-state index contributed by atoms with van der Waals surface area (Å²) in [4.78, 5) is 25.0. The minimum Gasteiger partial charge on any atom is -0.455 e. The third-order valence-corrected chi connectivity index (χ3v) is 5.42. The van der Waals surface area contributed by atoms with Crippen LogP contribution in [0.3, 0.4) is 0 Å². The summed E-state index contributed by atoms with van der Waals surface area (Å²) in [5.74, 6) is -1.48. The highest BCUT2D eigenvalue weighted by Crippen LogP contribution is 2.42. The Labute approximate surface area is 166 Å². The Kier molecular flexibility index (Phi) is 6.02. The molecule has 0 atom stereocenters. The van der Waals surface area contributed by atoms with Gasteiger partial charge in [0.15, 0.2) is 6.61 Å². The second kappa shape index (κ2) is 8.28. The van der Waals surface area contributed by atoms with Crippen LogP contribution in [0.15, 0.2) is 42.5 Å². The maximum atomic E-state index is 13.6. The third kappa shape index (κ3) is 4.25. The van der Waals surface area contributed by atoms with Crippen molar-refractivity contribution in [3.8, 4) is 0 Å². The van der Waals surface area contributed by atoms with E-state index in [4.69, 9.17) is 27.9 Å². The predicted octanol–water partition coefficient (Wildman–Crippen LogP) is 5.13. The molecule has 1 aliphatic carbocycles. The van der Waals surface area contributed by atoms with E-state index in [2.05, 4.69) is 5.32 Å². The van der Waals surface area contributed by atoms with Gasteiger partial charge in [0.1, 0.15) is 5.82 Å². The van der Waals surface area contributed by atoms with Gasteiger partial charge in [-0.1, -0.05) is 54.2 Å². The van der Waals surface area contributed by atoms with Crippen molar-refractivity contribution in [3.05, 3.63) is 63.9 Å². The van der Waals surface area contributed by atoms with Crippen LogP contribution in [-0.2, 0) is 19.7 Å². The Morgan fingerprint density at radius 1 is 1.07 bits per heavy atom. The summed E-state index contributed by atoms with van der Waals surface area (Å²) in [5, 5.41) is 3.12. The van der Waals surface area contributed by atoms with Crippen molar-refractivity contribution in [1.82, 2.24) is 0 Å². The van der Waals surface area contributed by atoms with Crippen LogP contribution >= 0.6 is 23.2 Å². The average molecular weight is 410 g/mol. The zero-order chi connectivity index (χ0) is 19.4. The zero-order valence-electron chi connectivity index (χ0n) is 14.4. The van der Waals surface area contributed by atoms with E-state index < -0.39 is 29.7 Å². The SMILES string of the molecule is O=C(COC(=O)C1(c2cccc(F)c2)CCCC1)Nc1c(Cl)cccc1Cl. The Bertz CT molecular complexity index is 846. The van der Waals surface area contributed by atoms with E-state index >= 15 is 0 Å². The number of amides is 1. The van der Waals surface area contributed by atoms with E-state index in [1.165, 1.54) is 12.1 Å². The van der Waals surface area contributed by atoms with E-state index in [0.29, 0.717) is 18.4 Å². The van der Waals surface area contributed by atoms with Gasteiger partial charge in [0.25, 0.3) is 5.91 Å². The molecule has 3 rings (SSSR count). The second-order valence-corrected chi connectivity index (χ2v) is 7.33. The lowest BCUT2D eigenvalue weighted by atomic mass is 9.79. The Morgan fingerprint density at radius 3 is 2.33 bits per heavy atom. The van der Waals surface area contributed by atoms with Crippen molar-refractivity contribution in [2.75, 3.05) is 11.9 Å². The van der Waals surface area contributed by atoms with Gasteiger partial charge in [-0.15, -0.1) is 0 Å². The van der Waals surface area contributed by atoms with E-state index in [9.17, 15) is 14.0 Å². The van der Waals surface area contributed by atoms with Crippen LogP contribution in [-0.4, -0.2) is 18.5 Å². The molecule has 2 aromatic rings. The van der Waals surface area contributed by atoms with Gasteiger partial charge < -0.3 is 10.1 Å². The normalized spacial score (nSPS) is 15.4. The lowest BCUT2D eigenvalue weighted by molar-refractivity contribution is -0.153. The fourth-order valence-electron chi connectivity index (χ4n) is 3.44. The molecule has 1 amide bonds. The molecule has 27 heavy (non-hydrogen) atoms. The summed E-state index contributed by atoms with van der Waals surface area (Å²) in [5.41, 5.74) is -0.0631. The molecule has 0 radical (unpaired) electrons. The molecule has 7 heteroatoms. The van der Waals surface area contributed by atoms with Crippen molar-refractivity contribution in [1.29, 1.82) is 0 Å². The first-order valence-electron chi connectivity index (χ1n) is 8.59. The molecule has 0 bridgehead atoms. The standard InChI is InChI=1S/C20H18Cl2FNO3/c21-15-7-4-8-16(22)18(15)24-17(25)12-27-19(26)20(9-1-2-10-20)13-5-3-6-14(23)11-13/h3-8,11H,1-2,9-10,12H2,(H,24,25). The van der Waals surface area contributed by atoms with Gasteiger partial charge in [0.05, 0.1) is 21.1 Å². The first kappa shape index (κ1) is 19.6. The molecule has 0 spiro atoms. The van der Waals surface area contributed by atoms with Crippen LogP contribution in [0.25, 0.3) is 0 Å². The van der Waals surface area contributed by atoms with Crippen LogP contribution in [0.4, 0.5) is 10.1 Å². The maximum absolute atomic E-state index is 13.6. The van der Waals surface area contributed by atoms with Gasteiger partial charge in [0, 0.05) is 0 Å². The molecule has 1 saturated carbocycles. The van der Waals surface area contributed by atoms with Crippen molar-refractivity contribution in [2.24, 2.45) is 0 Å². The topological polar surface area (TPSA) is 55.4 Å². The molecule has 4 nitrogen and oxygen atoms in total. The molecular weight excluding hydrogens is 392 g/mol. The molecule has 2 aromatic carbocycles. The van der Waals surface area contributed by atoms with Crippen LogP contribution < -0.4 is 5.32 Å². The van der Waals surface area contributed by atoms with E-state index in [0.717, 1.165) is 12.8 Å². The quantitative estimate of drug-likeness (QED) is 0.696. The zero-order valence-corrected chi connectivity index (χ0v) is 15.9. The molecule has 0 saturated heterocycles. The van der Waals surface area contributed by atoms with Crippen molar-refractivity contribution in [3.63, 3.8) is 0 Å². The molecule has 0 unspecified atom stereocenters. The number of ether oxygens (including phenoxy) is 1. The molecule has 1 fully saturated rings. The van der Waals surface area contributed by atoms with Gasteiger partial charge in [-0.25, -0.2) is 4.39 Å². The van der Waals surface area contributed by atoms with Crippen molar-refractivity contribution >= 4 is 40.8 Å².